The van der Waals surface area contributed by atoms with Gasteiger partial charge in [0.05, 0.1) is 12.7 Å². The highest BCUT2D eigenvalue weighted by Crippen LogP contribution is 2.34. The molecule has 0 aliphatic carbocycles. The topological polar surface area (TPSA) is 41.6 Å². The fraction of sp³-hybridized carbons (Fsp3) is 0.533. The molecular weight excluding hydrogens is 320 g/mol. The quantitative estimate of drug-likeness (QED) is 0.898. The average Bonchev–Trinajstić information content (AvgIpc) is 3.02. The molecule has 5 heteroatoms. The number of carbonyl (C=O) groups excluding carboxylic acids is 1. The van der Waals surface area contributed by atoms with Crippen LogP contribution in [0.5, 0.6) is 5.75 Å². The van der Waals surface area contributed by atoms with Crippen LogP contribution in [0.15, 0.2) is 22.7 Å². The Balaban J connectivity index is 1.86. The lowest BCUT2D eigenvalue weighted by Gasteiger charge is -2.25. The maximum absolute atomic E-state index is 12.8. The van der Waals surface area contributed by atoms with Crippen LogP contribution in [-0.2, 0) is 0 Å². The Morgan fingerprint density at radius 1 is 1.45 bits per heavy atom. The summed E-state index contributed by atoms with van der Waals surface area (Å²) < 4.78 is 6.05. The number of fused-ring (bicyclic) bond motifs is 1. The van der Waals surface area contributed by atoms with Gasteiger partial charge in [-0.1, -0.05) is 0 Å². The monoisotopic (exact) mass is 338 g/mol. The number of hydrogen-bond acceptors (Lipinski definition) is 3. The third-order valence-electron chi connectivity index (χ3n) is 4.60. The number of nitrogens with one attached hydrogen (secondary N) is 1. The number of likely N-dealkylation sites (tertiary alicyclic amines) is 1. The lowest BCUT2D eigenvalue weighted by Crippen LogP contribution is -2.38. The fourth-order valence-corrected chi connectivity index (χ4v) is 3.80. The molecule has 2 aliphatic rings. The van der Waals surface area contributed by atoms with Crippen molar-refractivity contribution < 1.29 is 9.53 Å². The summed E-state index contributed by atoms with van der Waals surface area (Å²) in [7, 11) is 1.62. The molecule has 0 saturated carbocycles. The first-order chi connectivity index (χ1) is 9.61. The molecule has 2 aliphatic heterocycles. The van der Waals surface area contributed by atoms with Gasteiger partial charge < -0.3 is 15.0 Å². The van der Waals surface area contributed by atoms with Gasteiger partial charge in [-0.05, 0) is 52.9 Å². The number of hydrogen-bond donors (Lipinski definition) is 1. The Hall–Kier alpha value is -1.07. The predicted octanol–water partition coefficient (Wildman–Crippen LogP) is 2.14. The second kappa shape index (κ2) is 5.37. The normalized spacial score (nSPS) is 28.6. The third-order valence-corrected chi connectivity index (χ3v) is 5.29. The molecule has 1 aromatic rings. The molecule has 2 heterocycles. The van der Waals surface area contributed by atoms with E-state index in [1.807, 2.05) is 23.1 Å². The molecule has 1 N–H and O–H groups in total. The van der Waals surface area contributed by atoms with E-state index in [-0.39, 0.29) is 5.91 Å². The minimum Gasteiger partial charge on any atom is -0.497 e. The summed E-state index contributed by atoms with van der Waals surface area (Å²) in [5, 5.41) is 3.42. The van der Waals surface area contributed by atoms with Gasteiger partial charge in [-0.2, -0.15) is 0 Å². The van der Waals surface area contributed by atoms with Gasteiger partial charge >= 0.3 is 0 Å². The Bertz CT molecular complexity index is 535. The number of halogens is 1. The smallest absolute Gasteiger partial charge is 0.255 e. The Labute approximate surface area is 127 Å². The number of carbonyl (C=O) groups is 1. The maximum atomic E-state index is 12.8. The first kappa shape index (κ1) is 13.9. The molecule has 1 amide bonds. The number of ether oxygens (including phenoxy) is 1. The molecule has 0 spiro atoms. The van der Waals surface area contributed by atoms with E-state index in [4.69, 9.17) is 4.74 Å². The van der Waals surface area contributed by atoms with Crippen molar-refractivity contribution in [2.24, 2.45) is 11.8 Å². The van der Waals surface area contributed by atoms with Gasteiger partial charge in [0.25, 0.3) is 5.91 Å². The number of nitrogens with zero attached hydrogens (tertiary/aromatic N) is 1. The largest absolute Gasteiger partial charge is 0.497 e. The van der Waals surface area contributed by atoms with Crippen molar-refractivity contribution in [2.75, 3.05) is 26.7 Å². The molecule has 2 fully saturated rings. The number of amides is 1. The zero-order chi connectivity index (χ0) is 14.3. The summed E-state index contributed by atoms with van der Waals surface area (Å²) in [6, 6.07) is 5.83. The molecule has 108 valence electrons. The SMILES string of the molecule is COc1ccc(Br)c(C(=O)N2CC3CNCC3C2C)c1. The van der Waals surface area contributed by atoms with E-state index in [2.05, 4.69) is 28.2 Å². The van der Waals surface area contributed by atoms with Gasteiger partial charge in [-0.3, -0.25) is 4.79 Å². The van der Waals surface area contributed by atoms with Crippen molar-refractivity contribution in [1.82, 2.24) is 10.2 Å². The van der Waals surface area contributed by atoms with Crippen LogP contribution in [0.1, 0.15) is 17.3 Å². The van der Waals surface area contributed by atoms with E-state index in [0.29, 0.717) is 29.2 Å². The second-order valence-corrected chi connectivity index (χ2v) is 6.48. The van der Waals surface area contributed by atoms with Crippen molar-refractivity contribution in [3.8, 4) is 5.75 Å². The van der Waals surface area contributed by atoms with E-state index < -0.39 is 0 Å². The molecule has 0 bridgehead atoms. The second-order valence-electron chi connectivity index (χ2n) is 5.63. The highest BCUT2D eigenvalue weighted by Gasteiger charge is 2.44. The molecule has 4 nitrogen and oxygen atoms in total. The first-order valence-corrected chi connectivity index (χ1v) is 7.76. The van der Waals surface area contributed by atoms with Crippen molar-refractivity contribution in [2.45, 2.75) is 13.0 Å². The van der Waals surface area contributed by atoms with Gasteiger partial charge in [0, 0.05) is 30.1 Å². The molecule has 1 aromatic carbocycles. The van der Waals surface area contributed by atoms with E-state index >= 15 is 0 Å². The van der Waals surface area contributed by atoms with Crippen LogP contribution in [0.4, 0.5) is 0 Å². The lowest BCUT2D eigenvalue weighted by atomic mass is 9.95. The molecule has 20 heavy (non-hydrogen) atoms. The molecule has 0 aromatic heterocycles. The van der Waals surface area contributed by atoms with Gasteiger partial charge in [0.15, 0.2) is 0 Å². The fourth-order valence-electron chi connectivity index (χ4n) is 3.39. The van der Waals surface area contributed by atoms with Crippen molar-refractivity contribution >= 4 is 21.8 Å². The van der Waals surface area contributed by atoms with Crippen LogP contribution >= 0.6 is 15.9 Å². The van der Waals surface area contributed by atoms with Gasteiger partial charge in [0.2, 0.25) is 0 Å². The van der Waals surface area contributed by atoms with Crippen molar-refractivity contribution in [3.05, 3.63) is 28.2 Å². The summed E-state index contributed by atoms with van der Waals surface area (Å²) >= 11 is 3.47. The van der Waals surface area contributed by atoms with E-state index in [9.17, 15) is 4.79 Å². The van der Waals surface area contributed by atoms with E-state index in [0.717, 1.165) is 24.1 Å². The van der Waals surface area contributed by atoms with Crippen LogP contribution in [0.2, 0.25) is 0 Å². The summed E-state index contributed by atoms with van der Waals surface area (Å²) in [5.41, 5.74) is 0.684. The Morgan fingerprint density at radius 3 is 2.95 bits per heavy atom. The molecule has 3 unspecified atom stereocenters. The zero-order valence-electron chi connectivity index (χ0n) is 11.7. The van der Waals surface area contributed by atoms with Crippen LogP contribution in [0.25, 0.3) is 0 Å². The number of benzene rings is 1. The number of methoxy groups -OCH3 is 1. The third kappa shape index (κ3) is 2.23. The summed E-state index contributed by atoms with van der Waals surface area (Å²) in [5.74, 6) is 1.99. The zero-order valence-corrected chi connectivity index (χ0v) is 13.3. The standard InChI is InChI=1S/C15H19BrN2O2/c1-9-13-7-17-6-10(13)8-18(9)15(19)12-5-11(20-2)3-4-14(12)16/h3-5,9-10,13,17H,6-8H2,1-2H3. The minimum absolute atomic E-state index is 0.0951. The Kier molecular flexibility index (Phi) is 3.73. The Morgan fingerprint density at radius 2 is 2.25 bits per heavy atom. The van der Waals surface area contributed by atoms with Gasteiger partial charge in [0.1, 0.15) is 5.75 Å². The van der Waals surface area contributed by atoms with Gasteiger partial charge in [-0.15, -0.1) is 0 Å². The maximum Gasteiger partial charge on any atom is 0.255 e. The molecular formula is C15H19BrN2O2. The molecule has 3 rings (SSSR count). The first-order valence-electron chi connectivity index (χ1n) is 6.97. The summed E-state index contributed by atoms with van der Waals surface area (Å²) in [6.45, 7) is 5.05. The predicted molar refractivity (Wildman–Crippen MR) is 81.0 cm³/mol. The van der Waals surface area contributed by atoms with Crippen LogP contribution in [-0.4, -0.2) is 43.6 Å². The highest BCUT2D eigenvalue weighted by molar-refractivity contribution is 9.10. The molecule has 3 atom stereocenters. The highest BCUT2D eigenvalue weighted by atomic mass is 79.9. The van der Waals surface area contributed by atoms with Gasteiger partial charge in [-0.25, -0.2) is 0 Å². The van der Waals surface area contributed by atoms with Crippen LogP contribution in [0.3, 0.4) is 0 Å². The summed E-state index contributed by atoms with van der Waals surface area (Å²) in [6.07, 6.45) is 0. The average molecular weight is 339 g/mol. The van der Waals surface area contributed by atoms with E-state index in [1.165, 1.54) is 0 Å². The number of rotatable bonds is 2. The summed E-state index contributed by atoms with van der Waals surface area (Å²) in [4.78, 5) is 14.8. The molecule has 0 radical (unpaired) electrons. The van der Waals surface area contributed by atoms with Crippen LogP contribution in [0, 0.1) is 11.8 Å². The van der Waals surface area contributed by atoms with Crippen molar-refractivity contribution in [1.29, 1.82) is 0 Å². The van der Waals surface area contributed by atoms with E-state index in [1.54, 1.807) is 7.11 Å². The van der Waals surface area contributed by atoms with Crippen LogP contribution < -0.4 is 10.1 Å². The minimum atomic E-state index is 0.0951. The molecule has 2 saturated heterocycles. The van der Waals surface area contributed by atoms with Crippen molar-refractivity contribution in [3.63, 3.8) is 0 Å². The lowest BCUT2D eigenvalue weighted by molar-refractivity contribution is 0.0727.